The van der Waals surface area contributed by atoms with Crippen molar-refractivity contribution in [2.24, 2.45) is 35.5 Å². The Hall–Kier alpha value is -5.77. The number of ketones is 1. The minimum atomic E-state index is -2.01. The molecule has 7 rings (SSSR count). The van der Waals surface area contributed by atoms with Gasteiger partial charge in [-0.15, -0.1) is 0 Å². The van der Waals surface area contributed by atoms with Crippen molar-refractivity contribution in [3.63, 3.8) is 0 Å². The van der Waals surface area contributed by atoms with Crippen LogP contribution in [0.2, 0.25) is 0 Å². The predicted octanol–water partition coefficient (Wildman–Crippen LogP) is 9.31. The summed E-state index contributed by atoms with van der Waals surface area (Å²) in [4.78, 5) is 60.9. The summed E-state index contributed by atoms with van der Waals surface area (Å²) in [6.07, 6.45) is 7.85. The fourth-order valence-electron chi connectivity index (χ4n) is 10.3. The maximum absolute atomic E-state index is 14.9. The molecule has 3 aliphatic heterocycles. The molecule has 1 aromatic heterocycles. The fraction of sp³-hybridized carbons (Fsp3) is 0.545. The third-order valence-corrected chi connectivity index (χ3v) is 16.1. The second kappa shape index (κ2) is 19.8. The number of aliphatic hydroxyl groups excluding tert-OH is 1. The van der Waals surface area contributed by atoms with E-state index >= 15 is 0 Å². The molecule has 0 spiro atoms. The highest BCUT2D eigenvalue weighted by atomic mass is 16.7. The van der Waals surface area contributed by atoms with E-state index in [0.717, 1.165) is 30.4 Å². The molecule has 4 heterocycles. The number of nitrogens with one attached hydrogen (secondary N) is 1. The van der Waals surface area contributed by atoms with Gasteiger partial charge in [0.05, 0.1) is 61.7 Å². The Bertz CT molecular complexity index is 2850. The van der Waals surface area contributed by atoms with Crippen molar-refractivity contribution in [1.82, 2.24) is 4.98 Å². The SMILES string of the molecule is CO[C@H]1/C=C/O[C@@]2(C)Oc3c(C)c(=O)c4c(O)c(c5oc6cc(OCC7CC[N+](C)(C(C)(C)C)CC7)ccc6nc5c4c3C2=O)NC(=O)/C(C)=C\C=C\[C@H](C)[C@H](O)[C@@H](C)[C@@H](C)[C@@H](C)[C@H](OC(C)=O)[C@@H]1C. The highest BCUT2D eigenvalue weighted by molar-refractivity contribution is 6.26. The molecule has 378 valence electrons. The summed E-state index contributed by atoms with van der Waals surface area (Å²) >= 11 is 0. The average Bonchev–Trinajstić information content (AvgIpc) is 3.58. The number of methoxy groups -OCH3 is 1. The molecule has 0 radical (unpaired) electrons. The first-order valence-electron chi connectivity index (χ1n) is 24.5. The Labute approximate surface area is 410 Å². The number of fused-ring (bicyclic) bond motifs is 2. The van der Waals surface area contributed by atoms with E-state index in [9.17, 15) is 29.4 Å². The van der Waals surface area contributed by atoms with Gasteiger partial charge in [0.25, 0.3) is 11.7 Å². The van der Waals surface area contributed by atoms with Gasteiger partial charge in [-0.3, -0.25) is 19.2 Å². The number of esters is 1. The number of rotatable bonds is 5. The van der Waals surface area contributed by atoms with E-state index in [0.29, 0.717) is 23.8 Å². The zero-order valence-electron chi connectivity index (χ0n) is 43.2. The van der Waals surface area contributed by atoms with E-state index in [1.165, 1.54) is 34.1 Å². The maximum Gasteiger partial charge on any atom is 0.312 e. The number of carbonyl (C=O) groups is 3. The summed E-state index contributed by atoms with van der Waals surface area (Å²) in [7, 11) is 3.83. The Morgan fingerprint density at radius 2 is 1.67 bits per heavy atom. The van der Waals surface area contributed by atoms with Gasteiger partial charge >= 0.3 is 11.8 Å². The number of nitrogens with zero attached hydrogens (tertiary/aromatic N) is 2. The number of benzene rings is 3. The van der Waals surface area contributed by atoms with Crippen LogP contribution in [0.15, 0.2) is 63.6 Å². The quantitative estimate of drug-likeness (QED) is 0.0564. The standard InChI is InChI=1S/C55H71N3O12/c1-28-16-15-17-29(2)53(64)57-45-48(62)42-41(44-51(45)69-40-26-37(18-19-38(40)56-44)66-27-36-20-23-58(13,24-21-36)54(9,10)11)43-50(34(7)47(42)61)70-55(12,52(43)63)67-25-22-39(65-14)33(6)49(68-35(8)59)32(5)30(3)31(4)46(28)60/h15-19,22,25-26,28,30-33,36,39,46,49,60H,20-21,23-24,27H2,1-14H3,(H-,56,57,61,62,63,64)/p+1/b16-15+,25-22+,29-17-/t28-,30+,31-,32+,33+,36?,39-,46-,49-,55-,58?/m0/s1. The van der Waals surface area contributed by atoms with Crippen LogP contribution in [0.5, 0.6) is 17.2 Å². The van der Waals surface area contributed by atoms with Crippen molar-refractivity contribution in [3.05, 3.63) is 75.7 Å². The van der Waals surface area contributed by atoms with Crippen molar-refractivity contribution in [2.45, 2.75) is 126 Å². The highest BCUT2D eigenvalue weighted by Gasteiger charge is 2.50. The molecule has 0 aliphatic carbocycles. The first kappa shape index (κ1) is 52.1. The normalized spacial score (nSPS) is 32.0. The van der Waals surface area contributed by atoms with E-state index in [4.69, 9.17) is 33.1 Å². The Kier molecular flexibility index (Phi) is 14.7. The molecule has 1 amide bonds. The summed E-state index contributed by atoms with van der Waals surface area (Å²) < 4.78 is 38.2. The summed E-state index contributed by atoms with van der Waals surface area (Å²) in [6, 6.07) is 5.21. The number of aromatic nitrogens is 1. The van der Waals surface area contributed by atoms with E-state index in [-0.39, 0.29) is 84.8 Å². The number of aromatic hydroxyl groups is 1. The van der Waals surface area contributed by atoms with E-state index in [1.54, 1.807) is 49.4 Å². The van der Waals surface area contributed by atoms with Crippen LogP contribution in [-0.2, 0) is 23.8 Å². The molecule has 1 saturated heterocycles. The number of hydrogen-bond donors (Lipinski definition) is 3. The largest absolute Gasteiger partial charge is 0.505 e. The summed E-state index contributed by atoms with van der Waals surface area (Å²) in [5.74, 6) is -5.00. The Balaban J connectivity index is 1.36. The van der Waals surface area contributed by atoms with Crippen molar-refractivity contribution in [3.8, 4) is 17.2 Å². The van der Waals surface area contributed by atoms with Crippen LogP contribution in [0.4, 0.5) is 5.69 Å². The van der Waals surface area contributed by atoms with Crippen molar-refractivity contribution in [2.75, 3.05) is 39.2 Å². The van der Waals surface area contributed by atoms with E-state index in [2.05, 4.69) is 33.1 Å². The first-order valence-corrected chi connectivity index (χ1v) is 24.5. The fourth-order valence-corrected chi connectivity index (χ4v) is 10.3. The number of hydrogen-bond acceptors (Lipinski definition) is 13. The second-order valence-corrected chi connectivity index (χ2v) is 21.5. The van der Waals surface area contributed by atoms with Gasteiger partial charge in [0.15, 0.2) is 22.3 Å². The van der Waals surface area contributed by atoms with Crippen LogP contribution in [0, 0.1) is 42.4 Å². The molecular formula is C55H72N3O12+. The van der Waals surface area contributed by atoms with Gasteiger partial charge in [-0.1, -0.05) is 52.8 Å². The third-order valence-electron chi connectivity index (χ3n) is 16.1. The average molecular weight is 967 g/mol. The van der Waals surface area contributed by atoms with Crippen molar-refractivity contribution >= 4 is 56.3 Å². The Morgan fingerprint density at radius 3 is 2.31 bits per heavy atom. The molecule has 70 heavy (non-hydrogen) atoms. The van der Waals surface area contributed by atoms with Gasteiger partial charge in [-0.25, -0.2) is 4.98 Å². The van der Waals surface area contributed by atoms with E-state index < -0.39 is 58.9 Å². The number of phenolic OH excluding ortho intramolecular Hbond substituents is 1. The number of quaternary nitrogens is 1. The summed E-state index contributed by atoms with van der Waals surface area (Å²) in [5.41, 5.74) is -0.0381. The minimum absolute atomic E-state index is 0.0117. The topological polar surface area (TPSA) is 193 Å². The lowest BCUT2D eigenvalue weighted by Gasteiger charge is -2.49. The highest BCUT2D eigenvalue weighted by Crippen LogP contribution is 2.49. The maximum atomic E-state index is 14.9. The molecule has 0 unspecified atom stereocenters. The summed E-state index contributed by atoms with van der Waals surface area (Å²) in [5, 5.41) is 26.3. The van der Waals surface area contributed by atoms with Gasteiger partial charge < -0.3 is 48.1 Å². The summed E-state index contributed by atoms with van der Waals surface area (Å²) in [6.45, 7) is 25.0. The lowest BCUT2D eigenvalue weighted by Crippen LogP contribution is -2.60. The first-order chi connectivity index (χ1) is 32.8. The minimum Gasteiger partial charge on any atom is -0.505 e. The van der Waals surface area contributed by atoms with Gasteiger partial charge in [0.2, 0.25) is 0 Å². The van der Waals surface area contributed by atoms with E-state index in [1.807, 2.05) is 34.6 Å². The number of carbonyl (C=O) groups excluding carboxylic acids is 3. The molecule has 3 aliphatic rings. The van der Waals surface area contributed by atoms with Crippen LogP contribution in [0.25, 0.3) is 33.0 Å². The van der Waals surface area contributed by atoms with Crippen LogP contribution in [-0.4, -0.2) is 101 Å². The number of phenols is 1. The molecule has 15 nitrogen and oxygen atoms in total. The predicted molar refractivity (Wildman–Crippen MR) is 269 cm³/mol. The Morgan fingerprint density at radius 1 is 0.986 bits per heavy atom. The number of aliphatic hydroxyl groups is 1. The number of allylic oxidation sites excluding steroid dienone is 2. The zero-order chi connectivity index (χ0) is 51.4. The van der Waals surface area contributed by atoms with Gasteiger partial charge in [-0.2, -0.15) is 0 Å². The third kappa shape index (κ3) is 9.68. The zero-order valence-corrected chi connectivity index (χ0v) is 43.2. The number of piperidine rings is 1. The molecule has 15 heteroatoms. The van der Waals surface area contributed by atoms with Crippen LogP contribution in [0.3, 0.4) is 0 Å². The van der Waals surface area contributed by atoms with Crippen molar-refractivity contribution in [1.29, 1.82) is 0 Å². The lowest BCUT2D eigenvalue weighted by atomic mass is 9.73. The van der Waals surface area contributed by atoms with Crippen LogP contribution < -0.4 is 20.2 Å². The number of anilines is 1. The molecular weight excluding hydrogens is 895 g/mol. The molecule has 4 bridgehead atoms. The van der Waals surface area contributed by atoms with Crippen molar-refractivity contribution < 1.29 is 57.2 Å². The second-order valence-electron chi connectivity index (χ2n) is 21.5. The molecule has 3 N–H and O–H groups in total. The number of amides is 1. The molecule has 1 fully saturated rings. The van der Waals surface area contributed by atoms with Gasteiger partial charge in [0, 0.05) is 74.1 Å². The molecule has 4 aromatic rings. The molecule has 3 aromatic carbocycles. The number of Topliss-reactive ketones (excluding diaryl/α,β-unsaturated/α-hetero) is 1. The lowest BCUT2D eigenvalue weighted by molar-refractivity contribution is -0.958. The van der Waals surface area contributed by atoms with Crippen LogP contribution >= 0.6 is 0 Å². The smallest absolute Gasteiger partial charge is 0.312 e. The number of likely N-dealkylation sites (tertiary alicyclic amines) is 1. The molecule has 0 saturated carbocycles. The van der Waals surface area contributed by atoms with Gasteiger partial charge in [0.1, 0.15) is 34.3 Å². The number of ether oxygens (including phenoxy) is 5. The monoisotopic (exact) mass is 967 g/mol. The molecule has 9 atom stereocenters. The van der Waals surface area contributed by atoms with Gasteiger partial charge in [-0.05, 0) is 70.6 Å². The van der Waals surface area contributed by atoms with Crippen LogP contribution in [0.1, 0.15) is 105 Å².